The molecule has 0 saturated heterocycles. The second-order valence-electron chi connectivity index (χ2n) is 3.40. The van der Waals surface area contributed by atoms with Crippen molar-refractivity contribution in [1.82, 2.24) is 0 Å². The average molecular weight is 310 g/mol. The molecule has 0 aliphatic carbocycles. The number of hydrogen-bond donors (Lipinski definition) is 0. The monoisotopic (exact) mass is 310 g/mol. The zero-order chi connectivity index (χ0) is 12.4. The van der Waals surface area contributed by atoms with Gasteiger partial charge in [0.05, 0.1) is 33.0 Å². The first kappa shape index (κ1) is 20.3. The summed E-state index contributed by atoms with van der Waals surface area (Å²) >= 11 is 0. The van der Waals surface area contributed by atoms with Crippen LogP contribution in [0.5, 0.6) is 0 Å². The van der Waals surface area contributed by atoms with E-state index in [1.165, 1.54) is 0 Å². The Bertz CT molecular complexity index is 155. The molecular formula is C13H17O3Y-. The van der Waals surface area contributed by atoms with Crippen LogP contribution in [-0.4, -0.2) is 39.6 Å². The van der Waals surface area contributed by atoms with E-state index in [1.54, 1.807) is 0 Å². The van der Waals surface area contributed by atoms with E-state index in [0.29, 0.717) is 26.4 Å². The molecule has 0 heterocycles. The Labute approximate surface area is 132 Å². The SMILES string of the molecule is [CH][C-]([CH])COCCOCCOCC([CH])([CH])[CH].[Y]. The van der Waals surface area contributed by atoms with Crippen molar-refractivity contribution in [1.29, 1.82) is 0 Å². The minimum absolute atomic E-state index is 0. The minimum atomic E-state index is -1.29. The first-order valence-corrected chi connectivity index (χ1v) is 4.88. The molecule has 0 saturated carbocycles. The Balaban J connectivity index is 0. The summed E-state index contributed by atoms with van der Waals surface area (Å²) in [7, 11) is 0. The second-order valence-corrected chi connectivity index (χ2v) is 3.40. The number of ether oxygens (including phenoxy) is 3. The molecule has 0 atom stereocenters. The molecule has 0 spiro atoms. The van der Waals surface area contributed by atoms with Gasteiger partial charge in [0.2, 0.25) is 0 Å². The van der Waals surface area contributed by atoms with Crippen molar-refractivity contribution in [3.8, 4) is 0 Å². The average Bonchev–Trinajstić information content (AvgIpc) is 2.13. The summed E-state index contributed by atoms with van der Waals surface area (Å²) in [6.07, 6.45) is 0. The largest absolute Gasteiger partial charge is 0.411 e. The van der Waals surface area contributed by atoms with Crippen LogP contribution in [-0.2, 0) is 46.9 Å². The summed E-state index contributed by atoms with van der Waals surface area (Å²) in [6.45, 7) is 28.2. The Kier molecular flexibility index (Phi) is 14.4. The molecule has 0 aliphatic heterocycles. The van der Waals surface area contributed by atoms with Crippen molar-refractivity contribution in [2.24, 2.45) is 5.41 Å². The van der Waals surface area contributed by atoms with Gasteiger partial charge in [-0.05, 0) is 20.8 Å². The maximum atomic E-state index is 5.29. The molecule has 0 amide bonds. The molecule has 0 aromatic heterocycles. The number of hydrogen-bond acceptors (Lipinski definition) is 3. The molecule has 0 aromatic rings. The fourth-order valence-electron chi connectivity index (χ4n) is 0.777. The van der Waals surface area contributed by atoms with E-state index in [0.717, 1.165) is 0 Å². The molecule has 91 valence electrons. The summed E-state index contributed by atoms with van der Waals surface area (Å²) < 4.78 is 15.3. The van der Waals surface area contributed by atoms with Gasteiger partial charge in [-0.1, -0.05) is 6.61 Å². The van der Waals surface area contributed by atoms with Crippen molar-refractivity contribution in [2.45, 2.75) is 0 Å². The van der Waals surface area contributed by atoms with Gasteiger partial charge in [-0.25, -0.2) is 13.8 Å². The van der Waals surface area contributed by atoms with Crippen LogP contribution in [0.15, 0.2) is 0 Å². The first-order chi connectivity index (χ1) is 7.42. The second kappa shape index (κ2) is 12.0. The normalized spacial score (nSPS) is 11.6. The molecule has 3 nitrogen and oxygen atoms in total. The smallest absolute Gasteiger partial charge is 0.0701 e. The van der Waals surface area contributed by atoms with Crippen LogP contribution in [0.4, 0.5) is 0 Å². The molecule has 4 heteroatoms. The zero-order valence-corrected chi connectivity index (χ0v) is 12.8. The fraction of sp³-hybridized carbons (Fsp3) is 0.538. The predicted molar refractivity (Wildman–Crippen MR) is 59.6 cm³/mol. The van der Waals surface area contributed by atoms with E-state index in [1.807, 2.05) is 0 Å². The van der Waals surface area contributed by atoms with Crippen LogP contribution in [0.25, 0.3) is 0 Å². The zero-order valence-electron chi connectivity index (χ0n) is 9.93. The van der Waals surface area contributed by atoms with Crippen molar-refractivity contribution in [3.63, 3.8) is 0 Å². The molecule has 0 bridgehead atoms. The van der Waals surface area contributed by atoms with Gasteiger partial charge in [0.15, 0.2) is 0 Å². The summed E-state index contributed by atoms with van der Waals surface area (Å²) in [6, 6.07) is 0. The molecule has 17 heavy (non-hydrogen) atoms. The molecule has 11 radical (unpaired) electrons. The van der Waals surface area contributed by atoms with Crippen LogP contribution in [0.2, 0.25) is 0 Å². The van der Waals surface area contributed by atoms with E-state index >= 15 is 0 Å². The molecule has 0 rings (SSSR count). The quantitative estimate of drug-likeness (QED) is 0.447. The standard InChI is InChI=1S/C13H17O3.Y/c1-12(2)10-15-8-6-14-7-9-16-11-13(3,4)5;/h1-5H,6-11H2;/q-1;. The van der Waals surface area contributed by atoms with Crippen LogP contribution in [0.1, 0.15) is 0 Å². The third-order valence-corrected chi connectivity index (χ3v) is 1.36. The fourth-order valence-corrected chi connectivity index (χ4v) is 0.777. The van der Waals surface area contributed by atoms with Crippen molar-refractivity contribution >= 4 is 0 Å². The third kappa shape index (κ3) is 19.5. The number of rotatable bonds is 10. The van der Waals surface area contributed by atoms with E-state index < -0.39 is 5.41 Å². The van der Waals surface area contributed by atoms with Crippen molar-refractivity contribution < 1.29 is 46.9 Å². The van der Waals surface area contributed by atoms with Gasteiger partial charge in [0.25, 0.3) is 0 Å². The van der Waals surface area contributed by atoms with Crippen LogP contribution in [0.3, 0.4) is 0 Å². The van der Waals surface area contributed by atoms with Gasteiger partial charge in [-0.2, -0.15) is 0 Å². The van der Waals surface area contributed by atoms with E-state index in [-0.39, 0.29) is 51.8 Å². The van der Waals surface area contributed by atoms with Crippen LogP contribution >= 0.6 is 0 Å². The summed E-state index contributed by atoms with van der Waals surface area (Å²) in [5.74, 6) is 0.244. The molecule has 0 unspecified atom stereocenters. The molecular weight excluding hydrogens is 293 g/mol. The van der Waals surface area contributed by atoms with Gasteiger partial charge in [0, 0.05) is 38.1 Å². The maximum absolute atomic E-state index is 5.29. The van der Waals surface area contributed by atoms with Gasteiger partial charge in [-0.3, -0.25) is 5.92 Å². The van der Waals surface area contributed by atoms with Crippen LogP contribution in [0, 0.1) is 46.0 Å². The Morgan fingerprint density at radius 2 is 1.29 bits per heavy atom. The minimum Gasteiger partial charge on any atom is -0.411 e. The van der Waals surface area contributed by atoms with Crippen molar-refractivity contribution in [3.05, 3.63) is 40.5 Å². The summed E-state index contributed by atoms with van der Waals surface area (Å²) in [5, 5.41) is 0. The van der Waals surface area contributed by atoms with E-state index in [2.05, 4.69) is 0 Å². The molecule has 0 aromatic carbocycles. The predicted octanol–water partition coefficient (Wildman–Crippen LogP) is 1.15. The van der Waals surface area contributed by atoms with Crippen LogP contribution < -0.4 is 0 Å². The van der Waals surface area contributed by atoms with E-state index in [4.69, 9.17) is 48.8 Å². The maximum Gasteiger partial charge on any atom is 0.0701 e. The topological polar surface area (TPSA) is 27.7 Å². The molecule has 0 fully saturated rings. The Morgan fingerprint density at radius 3 is 1.76 bits per heavy atom. The first-order valence-electron chi connectivity index (χ1n) is 4.88. The van der Waals surface area contributed by atoms with Gasteiger partial charge >= 0.3 is 0 Å². The van der Waals surface area contributed by atoms with Crippen molar-refractivity contribution in [2.75, 3.05) is 39.6 Å². The summed E-state index contributed by atoms with van der Waals surface area (Å²) in [4.78, 5) is 0. The molecule has 0 aliphatic rings. The third-order valence-electron chi connectivity index (χ3n) is 1.36. The Hall–Kier alpha value is 0.984. The summed E-state index contributed by atoms with van der Waals surface area (Å²) in [5.41, 5.74) is -1.29. The van der Waals surface area contributed by atoms with E-state index in [9.17, 15) is 0 Å². The Morgan fingerprint density at radius 1 is 0.824 bits per heavy atom. The van der Waals surface area contributed by atoms with Gasteiger partial charge in [0.1, 0.15) is 0 Å². The molecule has 0 N–H and O–H groups in total. The van der Waals surface area contributed by atoms with Gasteiger partial charge < -0.3 is 14.2 Å². The van der Waals surface area contributed by atoms with Gasteiger partial charge in [-0.15, -0.1) is 0 Å².